The number of hydrazine groups is 1. The van der Waals surface area contributed by atoms with Gasteiger partial charge in [0.15, 0.2) is 5.75 Å². The molecule has 0 saturated carbocycles. The first-order valence-corrected chi connectivity index (χ1v) is 16.1. The highest BCUT2D eigenvalue weighted by Crippen LogP contribution is 2.40. The predicted molar refractivity (Wildman–Crippen MR) is 198 cm³/mol. The number of nitrogen functional groups attached to an aromatic ring is 1. The number of fused-ring (bicyclic) bond motifs is 3. The van der Waals surface area contributed by atoms with E-state index in [1.165, 1.54) is 5.57 Å². The van der Waals surface area contributed by atoms with Gasteiger partial charge in [0, 0.05) is 5.39 Å². The van der Waals surface area contributed by atoms with Crippen LogP contribution in [0.5, 0.6) is 5.75 Å². The molecule has 6 rings (SSSR count). The maximum absolute atomic E-state index is 7.08. The Kier molecular flexibility index (Phi) is 9.79. The largest absolute Gasteiger partial charge is 0.486 e. The smallest absolute Gasteiger partial charge is 0.151 e. The van der Waals surface area contributed by atoms with Crippen LogP contribution in [0.1, 0.15) is 53.9 Å². The molecule has 5 heteroatoms. The Balaban J connectivity index is 1.45. The molecule has 0 spiro atoms. The monoisotopic (exact) mass is 618 g/mol. The Morgan fingerprint density at radius 1 is 0.766 bits per heavy atom. The first kappa shape index (κ1) is 31.8. The van der Waals surface area contributed by atoms with Gasteiger partial charge in [0.2, 0.25) is 0 Å². The molecule has 236 valence electrons. The fourth-order valence-corrected chi connectivity index (χ4v) is 6.35. The van der Waals surface area contributed by atoms with Gasteiger partial charge in [-0.05, 0) is 82.6 Å². The van der Waals surface area contributed by atoms with E-state index in [1.807, 2.05) is 44.3 Å². The minimum absolute atomic E-state index is 0.195. The van der Waals surface area contributed by atoms with E-state index in [1.54, 1.807) is 0 Å². The maximum atomic E-state index is 7.08. The van der Waals surface area contributed by atoms with E-state index in [0.717, 1.165) is 49.4 Å². The van der Waals surface area contributed by atoms with Gasteiger partial charge in [-0.1, -0.05) is 133 Å². The van der Waals surface area contributed by atoms with Crippen LogP contribution in [-0.2, 0) is 6.61 Å². The summed E-state index contributed by atoms with van der Waals surface area (Å²) in [7, 11) is 1.93. The van der Waals surface area contributed by atoms with Crippen LogP contribution < -0.4 is 21.6 Å². The lowest BCUT2D eigenvalue weighted by Gasteiger charge is -2.36. The lowest BCUT2D eigenvalue weighted by molar-refractivity contribution is 0.102. The second kappa shape index (κ2) is 14.5. The zero-order chi connectivity index (χ0) is 32.8. The number of hydrogen-bond acceptors (Lipinski definition) is 5. The van der Waals surface area contributed by atoms with Crippen molar-refractivity contribution in [2.45, 2.75) is 32.7 Å². The van der Waals surface area contributed by atoms with Crippen molar-refractivity contribution in [2.24, 2.45) is 5.73 Å². The number of anilines is 1. The van der Waals surface area contributed by atoms with E-state index in [9.17, 15) is 0 Å². The van der Waals surface area contributed by atoms with E-state index >= 15 is 0 Å². The predicted octanol–water partition coefficient (Wildman–Crippen LogP) is 9.32. The van der Waals surface area contributed by atoms with Crippen molar-refractivity contribution in [1.29, 1.82) is 0 Å². The number of nitrogens with zero attached hydrogens (tertiary/aromatic N) is 1. The number of nitrogens with one attached hydrogen (secondary N) is 1. The van der Waals surface area contributed by atoms with Gasteiger partial charge in [0.05, 0.1) is 17.9 Å². The molecule has 6 aromatic carbocycles. The molecule has 5 N–H and O–H groups in total. The average Bonchev–Trinajstić information content (AvgIpc) is 3.12. The van der Waals surface area contributed by atoms with E-state index in [4.69, 9.17) is 16.2 Å². The third-order valence-electron chi connectivity index (χ3n) is 8.75. The molecule has 0 aliphatic carbocycles. The van der Waals surface area contributed by atoms with Crippen LogP contribution in [0, 0.1) is 0 Å². The fourth-order valence-electron chi connectivity index (χ4n) is 6.35. The van der Waals surface area contributed by atoms with Crippen molar-refractivity contribution < 1.29 is 4.74 Å². The van der Waals surface area contributed by atoms with Gasteiger partial charge < -0.3 is 16.2 Å². The van der Waals surface area contributed by atoms with Crippen LogP contribution >= 0.6 is 0 Å². The molecule has 2 unspecified atom stereocenters. The second-order valence-electron chi connectivity index (χ2n) is 11.7. The summed E-state index contributed by atoms with van der Waals surface area (Å²) in [6.07, 6.45) is 5.87. The van der Waals surface area contributed by atoms with Crippen LogP contribution in [0.3, 0.4) is 0 Å². The van der Waals surface area contributed by atoms with Crippen LogP contribution in [0.15, 0.2) is 146 Å². The summed E-state index contributed by atoms with van der Waals surface area (Å²) in [6.45, 7) is 4.52. The van der Waals surface area contributed by atoms with Crippen LogP contribution in [0.4, 0.5) is 5.69 Å². The Labute approximate surface area is 277 Å². The topological polar surface area (TPSA) is 76.5 Å². The van der Waals surface area contributed by atoms with Gasteiger partial charge in [-0.3, -0.25) is 5.43 Å². The SMILES string of the molecule is C/C=C\C(=C/C)c1ccc(C(N)N(NC)C(c2ccccc2)c2ccc3ccc4ccc(N)c(OCc5ccccc5)c4c3c2)cc1. The third-order valence-corrected chi connectivity index (χ3v) is 8.75. The molecule has 5 nitrogen and oxygen atoms in total. The fraction of sp³-hybridized carbons (Fsp3) is 0.143. The van der Waals surface area contributed by atoms with Gasteiger partial charge in [-0.15, -0.1) is 0 Å². The Hall–Kier alpha value is -5.20. The summed E-state index contributed by atoms with van der Waals surface area (Å²) in [5.74, 6) is 0.700. The van der Waals surface area contributed by atoms with E-state index in [0.29, 0.717) is 18.0 Å². The molecular weight excluding hydrogens is 576 g/mol. The van der Waals surface area contributed by atoms with E-state index < -0.39 is 6.17 Å². The summed E-state index contributed by atoms with van der Waals surface area (Å²) in [5.41, 5.74) is 24.4. The van der Waals surface area contributed by atoms with Crippen LogP contribution in [0.2, 0.25) is 0 Å². The van der Waals surface area contributed by atoms with Crippen LogP contribution in [-0.4, -0.2) is 12.1 Å². The Bertz CT molecular complexity index is 2020. The summed E-state index contributed by atoms with van der Waals surface area (Å²) < 4.78 is 6.47. The van der Waals surface area contributed by atoms with Gasteiger partial charge in [0.25, 0.3) is 0 Å². The summed E-state index contributed by atoms with van der Waals surface area (Å²) >= 11 is 0. The molecule has 0 aliphatic heterocycles. The second-order valence-corrected chi connectivity index (χ2v) is 11.7. The number of nitrogens with two attached hydrogens (primary N) is 2. The van der Waals surface area contributed by atoms with E-state index in [2.05, 4.69) is 133 Å². The highest BCUT2D eigenvalue weighted by Gasteiger charge is 2.28. The highest BCUT2D eigenvalue weighted by molar-refractivity contribution is 6.12. The third kappa shape index (κ3) is 6.69. The number of rotatable bonds is 11. The van der Waals surface area contributed by atoms with Gasteiger partial charge in [-0.25, -0.2) is 5.01 Å². The van der Waals surface area contributed by atoms with Crippen molar-refractivity contribution in [2.75, 3.05) is 12.8 Å². The minimum Gasteiger partial charge on any atom is -0.486 e. The molecular formula is C42H42N4O. The van der Waals surface area contributed by atoms with Crippen molar-refractivity contribution in [3.8, 4) is 5.75 Å². The van der Waals surface area contributed by atoms with Crippen molar-refractivity contribution in [1.82, 2.24) is 10.4 Å². The summed E-state index contributed by atoms with van der Waals surface area (Å²) in [6, 6.07) is 43.9. The zero-order valence-electron chi connectivity index (χ0n) is 27.2. The van der Waals surface area contributed by atoms with Gasteiger partial charge >= 0.3 is 0 Å². The number of ether oxygens (including phenoxy) is 1. The number of hydrogen-bond donors (Lipinski definition) is 3. The van der Waals surface area contributed by atoms with Crippen LogP contribution in [0.25, 0.3) is 27.1 Å². The molecule has 0 saturated heterocycles. The zero-order valence-corrected chi connectivity index (χ0v) is 27.2. The summed E-state index contributed by atoms with van der Waals surface area (Å²) in [5, 5.41) is 6.39. The molecule has 0 amide bonds. The molecule has 0 fully saturated rings. The highest BCUT2D eigenvalue weighted by atomic mass is 16.5. The van der Waals surface area contributed by atoms with Crippen molar-refractivity contribution >= 4 is 32.8 Å². The molecule has 0 heterocycles. The molecule has 0 aliphatic rings. The maximum Gasteiger partial charge on any atom is 0.151 e. The molecule has 0 radical (unpaired) electrons. The normalized spacial score (nSPS) is 13.4. The first-order chi connectivity index (χ1) is 23.0. The molecule has 0 aromatic heterocycles. The Morgan fingerprint density at radius 3 is 2.09 bits per heavy atom. The minimum atomic E-state index is -0.432. The summed E-state index contributed by atoms with van der Waals surface area (Å²) in [4.78, 5) is 0. The molecule has 2 atom stereocenters. The van der Waals surface area contributed by atoms with Crippen molar-refractivity contribution in [3.63, 3.8) is 0 Å². The van der Waals surface area contributed by atoms with Gasteiger partial charge in [0.1, 0.15) is 6.61 Å². The van der Waals surface area contributed by atoms with Crippen molar-refractivity contribution in [3.05, 3.63) is 173 Å². The standard InChI is InChI=1S/C42H42N4O/c1-4-12-30(5-2)31-17-22-35(23-18-31)42(44)46(45-3)40(34-15-10-7-11-16-34)36-24-20-32-19-21-33-25-26-38(43)41(39(33)37(32)27-36)47-28-29-13-8-6-9-14-29/h4-27,40,42,45H,28,43-44H2,1-3H3/b12-4-,30-5+. The molecule has 47 heavy (non-hydrogen) atoms. The van der Waals surface area contributed by atoms with Gasteiger partial charge in [-0.2, -0.15) is 0 Å². The molecule has 6 aromatic rings. The Morgan fingerprint density at radius 2 is 1.40 bits per heavy atom. The molecule has 0 bridgehead atoms. The first-order valence-electron chi connectivity index (χ1n) is 16.1. The average molecular weight is 619 g/mol. The quantitative estimate of drug-likeness (QED) is 0.0444. The lowest BCUT2D eigenvalue weighted by atomic mass is 9.92. The number of benzene rings is 6. The lowest BCUT2D eigenvalue weighted by Crippen LogP contribution is -2.45. The van der Waals surface area contributed by atoms with E-state index in [-0.39, 0.29) is 6.04 Å². The number of allylic oxidation sites excluding steroid dienone is 4.